The van der Waals surface area contributed by atoms with Gasteiger partial charge in [-0.25, -0.2) is 8.78 Å². The van der Waals surface area contributed by atoms with Gasteiger partial charge in [-0.1, -0.05) is 23.7 Å². The van der Waals surface area contributed by atoms with E-state index in [2.05, 4.69) is 0 Å². The van der Waals surface area contributed by atoms with E-state index < -0.39 is 6.43 Å². The summed E-state index contributed by atoms with van der Waals surface area (Å²) in [7, 11) is 0. The lowest BCUT2D eigenvalue weighted by Crippen LogP contribution is -1.90. The van der Waals surface area contributed by atoms with Gasteiger partial charge in [0.15, 0.2) is 0 Å². The first-order valence-corrected chi connectivity index (χ1v) is 4.53. The van der Waals surface area contributed by atoms with E-state index in [-0.39, 0.29) is 5.56 Å². The molecule has 76 valence electrons. The average molecular weight is 219 g/mol. The molecule has 0 aliphatic carbocycles. The van der Waals surface area contributed by atoms with Crippen molar-refractivity contribution in [2.75, 3.05) is 0 Å². The molecule has 0 aliphatic heterocycles. The van der Waals surface area contributed by atoms with Gasteiger partial charge in [0.2, 0.25) is 0 Å². The minimum Gasteiger partial charge on any atom is -0.303 e. The van der Waals surface area contributed by atoms with Crippen molar-refractivity contribution in [3.63, 3.8) is 0 Å². The molecule has 1 aromatic carbocycles. The average Bonchev–Trinajstić information content (AvgIpc) is 2.15. The molecular weight excluding hydrogens is 210 g/mol. The monoisotopic (exact) mass is 218 g/mol. The Labute approximate surface area is 85.7 Å². The molecule has 1 nitrogen and oxygen atoms in total. The summed E-state index contributed by atoms with van der Waals surface area (Å²) in [6.45, 7) is 0. The van der Waals surface area contributed by atoms with Gasteiger partial charge in [0.05, 0.1) is 0 Å². The minimum absolute atomic E-state index is 0.0927. The van der Waals surface area contributed by atoms with Crippen molar-refractivity contribution in [2.24, 2.45) is 0 Å². The third kappa shape index (κ3) is 2.77. The van der Waals surface area contributed by atoms with Crippen molar-refractivity contribution >= 4 is 17.9 Å². The van der Waals surface area contributed by atoms with Gasteiger partial charge in [0.1, 0.15) is 6.29 Å². The van der Waals surface area contributed by atoms with Crippen molar-refractivity contribution in [1.29, 1.82) is 0 Å². The zero-order chi connectivity index (χ0) is 10.6. The molecule has 0 spiro atoms. The fourth-order valence-electron chi connectivity index (χ4n) is 1.12. The number of aldehydes is 1. The Kier molecular flexibility index (Phi) is 4.01. The van der Waals surface area contributed by atoms with Crippen LogP contribution in [0.15, 0.2) is 18.2 Å². The molecule has 0 bridgehead atoms. The Balaban J connectivity index is 2.84. The van der Waals surface area contributed by atoms with Crippen LogP contribution in [0.5, 0.6) is 0 Å². The van der Waals surface area contributed by atoms with Gasteiger partial charge >= 0.3 is 0 Å². The predicted molar refractivity (Wildman–Crippen MR) is 50.8 cm³/mol. The predicted octanol–water partition coefficient (Wildman–Crippen LogP) is 3.41. The molecule has 4 heteroatoms. The lowest BCUT2D eigenvalue weighted by atomic mass is 10.1. The number of alkyl halides is 2. The Morgan fingerprint density at radius 3 is 2.64 bits per heavy atom. The van der Waals surface area contributed by atoms with E-state index in [0.717, 1.165) is 11.8 Å². The first kappa shape index (κ1) is 11.1. The minimum atomic E-state index is -2.51. The van der Waals surface area contributed by atoms with Crippen LogP contribution >= 0.6 is 11.6 Å². The van der Waals surface area contributed by atoms with Gasteiger partial charge in [-0.15, -0.1) is 0 Å². The zero-order valence-electron chi connectivity index (χ0n) is 7.34. The van der Waals surface area contributed by atoms with Crippen LogP contribution in [0.3, 0.4) is 0 Å². The van der Waals surface area contributed by atoms with Gasteiger partial charge in [0.25, 0.3) is 6.43 Å². The fraction of sp³-hybridized carbons (Fsp3) is 0.300. The highest BCUT2D eigenvalue weighted by atomic mass is 35.5. The van der Waals surface area contributed by atoms with Crippen molar-refractivity contribution in [3.8, 4) is 0 Å². The molecule has 0 heterocycles. The van der Waals surface area contributed by atoms with Crippen LogP contribution in [-0.2, 0) is 11.2 Å². The van der Waals surface area contributed by atoms with E-state index >= 15 is 0 Å². The summed E-state index contributed by atoms with van der Waals surface area (Å²) < 4.78 is 24.4. The lowest BCUT2D eigenvalue weighted by molar-refractivity contribution is -0.107. The highest BCUT2D eigenvalue weighted by molar-refractivity contribution is 6.31. The molecule has 0 N–H and O–H groups in total. The molecule has 0 unspecified atom stereocenters. The van der Waals surface area contributed by atoms with Crippen molar-refractivity contribution in [2.45, 2.75) is 19.3 Å². The van der Waals surface area contributed by atoms with Crippen LogP contribution in [0.4, 0.5) is 8.78 Å². The number of hydrogen-bond acceptors (Lipinski definition) is 1. The topological polar surface area (TPSA) is 17.1 Å². The molecule has 0 aliphatic rings. The van der Waals surface area contributed by atoms with Gasteiger partial charge in [0, 0.05) is 17.0 Å². The molecule has 14 heavy (non-hydrogen) atoms. The van der Waals surface area contributed by atoms with E-state index in [1.54, 1.807) is 0 Å². The molecule has 1 aromatic rings. The zero-order valence-corrected chi connectivity index (χ0v) is 8.10. The van der Waals surface area contributed by atoms with Gasteiger partial charge < -0.3 is 4.79 Å². The van der Waals surface area contributed by atoms with Crippen molar-refractivity contribution < 1.29 is 13.6 Å². The second-order valence-electron chi connectivity index (χ2n) is 2.86. The molecule has 1 rings (SSSR count). The van der Waals surface area contributed by atoms with Gasteiger partial charge in [-0.2, -0.15) is 0 Å². The third-order valence-corrected chi connectivity index (χ3v) is 2.21. The maximum Gasteiger partial charge on any atom is 0.263 e. The van der Waals surface area contributed by atoms with Crippen molar-refractivity contribution in [1.82, 2.24) is 0 Å². The lowest BCUT2D eigenvalue weighted by Gasteiger charge is -2.04. The molecule has 0 radical (unpaired) electrons. The van der Waals surface area contributed by atoms with Gasteiger partial charge in [-0.05, 0) is 18.1 Å². The summed E-state index contributed by atoms with van der Waals surface area (Å²) in [6.07, 6.45) is -0.885. The Hall–Kier alpha value is -0.960. The third-order valence-electron chi connectivity index (χ3n) is 1.86. The second kappa shape index (κ2) is 5.05. The highest BCUT2D eigenvalue weighted by Gasteiger charge is 2.09. The molecule has 0 saturated heterocycles. The summed E-state index contributed by atoms with van der Waals surface area (Å²) in [5.41, 5.74) is 0.632. The quantitative estimate of drug-likeness (QED) is 0.708. The first-order chi connectivity index (χ1) is 6.65. The summed E-state index contributed by atoms with van der Waals surface area (Å²) in [4.78, 5) is 10.1. The maximum atomic E-state index is 12.2. The summed E-state index contributed by atoms with van der Waals surface area (Å²) in [5, 5.41) is 0.296. The number of rotatable bonds is 4. The number of aryl methyl sites for hydroxylation is 1. The van der Waals surface area contributed by atoms with E-state index in [9.17, 15) is 13.6 Å². The summed E-state index contributed by atoms with van der Waals surface area (Å²) in [5.74, 6) is 0. The van der Waals surface area contributed by atoms with Crippen LogP contribution in [0.2, 0.25) is 5.02 Å². The number of carbonyl (C=O) groups is 1. The molecule has 0 atom stereocenters. The largest absolute Gasteiger partial charge is 0.303 e. The van der Waals surface area contributed by atoms with E-state index in [1.807, 2.05) is 0 Å². The second-order valence-corrected chi connectivity index (χ2v) is 3.26. The molecule has 0 aromatic heterocycles. The summed E-state index contributed by atoms with van der Waals surface area (Å²) >= 11 is 5.76. The Bertz CT molecular complexity index is 326. The summed E-state index contributed by atoms with van der Waals surface area (Å²) in [6, 6.07) is 4.11. The van der Waals surface area contributed by atoms with E-state index in [1.165, 1.54) is 18.2 Å². The number of hydrogen-bond donors (Lipinski definition) is 0. The van der Waals surface area contributed by atoms with Crippen LogP contribution in [0, 0.1) is 0 Å². The van der Waals surface area contributed by atoms with Crippen LogP contribution < -0.4 is 0 Å². The van der Waals surface area contributed by atoms with Crippen molar-refractivity contribution in [3.05, 3.63) is 34.3 Å². The Morgan fingerprint density at radius 1 is 1.43 bits per heavy atom. The number of carbonyl (C=O) groups excluding carboxylic acids is 1. The normalized spacial score (nSPS) is 10.6. The fourth-order valence-corrected chi connectivity index (χ4v) is 1.40. The molecule has 0 amide bonds. The highest BCUT2D eigenvalue weighted by Crippen LogP contribution is 2.25. The maximum absolute atomic E-state index is 12.2. The van der Waals surface area contributed by atoms with Gasteiger partial charge in [-0.3, -0.25) is 0 Å². The molecule has 0 saturated carbocycles. The van der Waals surface area contributed by atoms with Crippen LogP contribution in [0.1, 0.15) is 24.0 Å². The first-order valence-electron chi connectivity index (χ1n) is 4.15. The van der Waals surface area contributed by atoms with E-state index in [0.29, 0.717) is 17.9 Å². The SMILES string of the molecule is O=CCCc1ccc(C(F)F)cc1Cl. The van der Waals surface area contributed by atoms with E-state index in [4.69, 9.17) is 11.6 Å². The molecular formula is C10H9ClF2O. The van der Waals surface area contributed by atoms with Crippen LogP contribution in [0.25, 0.3) is 0 Å². The Morgan fingerprint density at radius 2 is 2.14 bits per heavy atom. The molecule has 0 fully saturated rings. The smallest absolute Gasteiger partial charge is 0.263 e. The number of benzene rings is 1. The standard InChI is InChI=1S/C10H9ClF2O/c11-9-6-8(10(12)13)4-3-7(9)2-1-5-14/h3-6,10H,1-2H2. The van der Waals surface area contributed by atoms with Crippen LogP contribution in [-0.4, -0.2) is 6.29 Å². The number of halogens is 3.